The summed E-state index contributed by atoms with van der Waals surface area (Å²) in [7, 11) is 4.01. The van der Waals surface area contributed by atoms with Crippen LogP contribution in [-0.2, 0) is 9.63 Å². The fourth-order valence-electron chi connectivity index (χ4n) is 8.60. The number of carboxylic acid groups (broad SMARTS) is 1. The normalized spacial score (nSPS) is 42.9. The van der Waals surface area contributed by atoms with Gasteiger partial charge in [-0.2, -0.15) is 5.10 Å². The lowest BCUT2D eigenvalue weighted by Gasteiger charge is -2.60. The van der Waals surface area contributed by atoms with Crippen LogP contribution in [-0.4, -0.2) is 59.4 Å². The van der Waals surface area contributed by atoms with Crippen molar-refractivity contribution < 1.29 is 19.8 Å². The second-order valence-corrected chi connectivity index (χ2v) is 12.4. The number of allylic oxidation sites excluding steroid dienone is 4. The summed E-state index contributed by atoms with van der Waals surface area (Å²) in [6.45, 7) is 11.8. The molecule has 0 aliphatic heterocycles. The molecule has 0 aromatic rings. The van der Waals surface area contributed by atoms with Crippen molar-refractivity contribution in [2.45, 2.75) is 79.2 Å². The van der Waals surface area contributed by atoms with E-state index in [1.807, 2.05) is 25.2 Å². The van der Waals surface area contributed by atoms with Crippen molar-refractivity contribution in [3.8, 4) is 0 Å². The highest BCUT2D eigenvalue weighted by Gasteiger charge is 2.67. The Morgan fingerprint density at radius 2 is 2.00 bits per heavy atom. The molecule has 8 atom stereocenters. The minimum Gasteiger partial charge on any atom is -0.481 e. The average Bonchev–Trinajstić information content (AvgIpc) is 3.00. The zero-order chi connectivity index (χ0) is 26.5. The highest BCUT2D eigenvalue weighted by atomic mass is 16.6. The fraction of sp³-hybridized carbons (Fsp3) is 0.759. The molecule has 3 fully saturated rings. The number of fused-ring (bicyclic) bond motifs is 5. The van der Waals surface area contributed by atoms with Gasteiger partial charge in [0.15, 0.2) is 0 Å². The van der Waals surface area contributed by atoms with E-state index in [0.717, 1.165) is 31.4 Å². The van der Waals surface area contributed by atoms with Crippen LogP contribution in [0, 0.1) is 39.9 Å². The van der Waals surface area contributed by atoms with E-state index in [4.69, 9.17) is 15.0 Å². The smallest absolute Gasteiger partial charge is 0.306 e. The van der Waals surface area contributed by atoms with E-state index in [9.17, 15) is 9.90 Å². The summed E-state index contributed by atoms with van der Waals surface area (Å²) in [4.78, 5) is 16.0. The quantitative estimate of drug-likeness (QED) is 0.288. The van der Waals surface area contributed by atoms with Gasteiger partial charge in [-0.25, -0.2) is 0 Å². The molecule has 36 heavy (non-hydrogen) atoms. The number of carboxylic acids is 1. The zero-order valence-corrected chi connectivity index (χ0v) is 23.1. The van der Waals surface area contributed by atoms with Crippen LogP contribution < -0.4 is 0 Å². The van der Waals surface area contributed by atoms with Crippen LogP contribution in [0.1, 0.15) is 73.1 Å². The van der Waals surface area contributed by atoms with Gasteiger partial charge in [-0.3, -0.25) is 4.79 Å². The zero-order valence-electron chi connectivity index (χ0n) is 23.1. The van der Waals surface area contributed by atoms with Crippen LogP contribution >= 0.6 is 0 Å². The SMILES string of the molecule is CCC(=NN(C)C)[C@@]1(C)[C@H](C)C[C@H]2[C@@H]3CCC4=C/C(=N/OCCC(=O)O)C=C[C@]4(C)[C@H]3[C@@H](O)C[C@@]21C. The Labute approximate surface area is 216 Å². The van der Waals surface area contributed by atoms with Gasteiger partial charge in [0, 0.05) is 36.6 Å². The van der Waals surface area contributed by atoms with Crippen molar-refractivity contribution in [1.29, 1.82) is 0 Å². The number of hydrazone groups is 1. The van der Waals surface area contributed by atoms with Gasteiger partial charge in [0.25, 0.3) is 0 Å². The third-order valence-electron chi connectivity index (χ3n) is 10.5. The fourth-order valence-corrected chi connectivity index (χ4v) is 8.60. The van der Waals surface area contributed by atoms with Crippen LogP contribution in [0.5, 0.6) is 0 Å². The molecule has 4 rings (SSSR count). The van der Waals surface area contributed by atoms with Crippen LogP contribution in [0.3, 0.4) is 0 Å². The molecule has 0 unspecified atom stereocenters. The number of aliphatic hydroxyl groups is 1. The predicted molar refractivity (Wildman–Crippen MR) is 143 cm³/mol. The van der Waals surface area contributed by atoms with Gasteiger partial charge in [0.05, 0.1) is 12.5 Å². The molecule has 7 nitrogen and oxygen atoms in total. The predicted octanol–water partition coefficient (Wildman–Crippen LogP) is 5.12. The maximum Gasteiger partial charge on any atom is 0.306 e. The number of aliphatic hydroxyl groups excluding tert-OH is 1. The first-order chi connectivity index (χ1) is 16.9. The first kappa shape index (κ1) is 26.9. The Bertz CT molecular complexity index is 1000. The highest BCUT2D eigenvalue weighted by molar-refractivity contribution is 6.05. The summed E-state index contributed by atoms with van der Waals surface area (Å²) in [6, 6.07) is 0. The first-order valence-electron chi connectivity index (χ1n) is 13.6. The van der Waals surface area contributed by atoms with Crippen molar-refractivity contribution in [2.24, 2.45) is 50.2 Å². The second-order valence-electron chi connectivity index (χ2n) is 12.4. The van der Waals surface area contributed by atoms with E-state index in [1.165, 1.54) is 17.7 Å². The molecular weight excluding hydrogens is 454 g/mol. The monoisotopic (exact) mass is 499 g/mol. The van der Waals surface area contributed by atoms with Crippen LogP contribution in [0.2, 0.25) is 0 Å². The van der Waals surface area contributed by atoms with Crippen molar-refractivity contribution in [2.75, 3.05) is 20.7 Å². The van der Waals surface area contributed by atoms with E-state index in [2.05, 4.69) is 51.9 Å². The Hall–Kier alpha value is -2.15. The third-order valence-corrected chi connectivity index (χ3v) is 10.5. The lowest BCUT2D eigenvalue weighted by molar-refractivity contribution is -0.138. The summed E-state index contributed by atoms with van der Waals surface area (Å²) in [5, 5.41) is 31.7. The Kier molecular flexibility index (Phi) is 7.19. The van der Waals surface area contributed by atoms with Gasteiger partial charge in [-0.1, -0.05) is 51.4 Å². The van der Waals surface area contributed by atoms with Gasteiger partial charge in [0.1, 0.15) is 12.3 Å². The van der Waals surface area contributed by atoms with Gasteiger partial charge in [0.2, 0.25) is 0 Å². The second kappa shape index (κ2) is 9.62. The van der Waals surface area contributed by atoms with Crippen molar-refractivity contribution in [3.05, 3.63) is 23.8 Å². The molecule has 2 N–H and O–H groups in total. The molecule has 0 aromatic carbocycles. The largest absolute Gasteiger partial charge is 0.481 e. The van der Waals surface area contributed by atoms with Crippen LogP contribution in [0.25, 0.3) is 0 Å². The number of hydrogen-bond acceptors (Lipinski definition) is 6. The van der Waals surface area contributed by atoms with E-state index < -0.39 is 5.97 Å². The van der Waals surface area contributed by atoms with Crippen molar-refractivity contribution in [3.63, 3.8) is 0 Å². The minimum absolute atomic E-state index is 0.00158. The van der Waals surface area contributed by atoms with Crippen molar-refractivity contribution in [1.82, 2.24) is 5.01 Å². The number of oxime groups is 1. The summed E-state index contributed by atoms with van der Waals surface area (Å²) >= 11 is 0. The molecule has 0 saturated heterocycles. The molecule has 4 aliphatic carbocycles. The van der Waals surface area contributed by atoms with Gasteiger partial charge < -0.3 is 20.1 Å². The molecule has 0 spiro atoms. The molecule has 0 heterocycles. The van der Waals surface area contributed by atoms with E-state index in [-0.39, 0.29) is 41.3 Å². The van der Waals surface area contributed by atoms with E-state index in [1.54, 1.807) is 0 Å². The third kappa shape index (κ3) is 4.11. The van der Waals surface area contributed by atoms with Crippen LogP contribution in [0.15, 0.2) is 34.1 Å². The first-order valence-corrected chi connectivity index (χ1v) is 13.6. The molecule has 0 amide bonds. The van der Waals surface area contributed by atoms with Gasteiger partial charge in [-0.05, 0) is 67.4 Å². The molecule has 0 radical (unpaired) electrons. The van der Waals surface area contributed by atoms with Gasteiger partial charge >= 0.3 is 5.97 Å². The number of aliphatic carboxylic acids is 1. The molecule has 4 aliphatic rings. The van der Waals surface area contributed by atoms with Crippen LogP contribution in [0.4, 0.5) is 0 Å². The molecule has 3 saturated carbocycles. The average molecular weight is 500 g/mol. The maximum absolute atomic E-state index is 11.8. The summed E-state index contributed by atoms with van der Waals surface area (Å²) in [6.07, 6.45) is 10.8. The maximum atomic E-state index is 11.8. The molecule has 0 aromatic heterocycles. The van der Waals surface area contributed by atoms with Gasteiger partial charge in [-0.15, -0.1) is 0 Å². The molecule has 200 valence electrons. The lowest BCUT2D eigenvalue weighted by Crippen LogP contribution is -2.58. The van der Waals surface area contributed by atoms with E-state index >= 15 is 0 Å². The number of nitrogens with zero attached hydrogens (tertiary/aromatic N) is 3. The highest BCUT2D eigenvalue weighted by Crippen LogP contribution is 2.71. The van der Waals surface area contributed by atoms with E-state index in [0.29, 0.717) is 17.8 Å². The Balaban J connectivity index is 1.63. The summed E-state index contributed by atoms with van der Waals surface area (Å²) in [5.41, 5.74) is 3.02. The Morgan fingerprint density at radius 3 is 2.64 bits per heavy atom. The lowest BCUT2D eigenvalue weighted by atomic mass is 9.44. The molecular formula is C29H45N3O4. The topological polar surface area (TPSA) is 94.7 Å². The standard InChI is InChI=1S/C29H45N3O4/c1-8-24(30-32(6)7)29(5)18(2)15-22-21-10-9-19-16-20(31-36-14-12-25(34)35)11-13-27(19,3)26(21)23(33)17-28(22,29)4/h11,13,16,18,21-23,26,33H,8-10,12,14-15,17H2,1-7H3,(H,34,35)/b30-24?,31-20+/t18-,21+,22+,23+,26-,27+,28+,29-/m1/s1. The molecule has 0 bridgehead atoms. The minimum atomic E-state index is -0.895. The van der Waals surface area contributed by atoms with Crippen molar-refractivity contribution >= 4 is 17.4 Å². The summed E-state index contributed by atoms with van der Waals surface area (Å²) < 4.78 is 0. The summed E-state index contributed by atoms with van der Waals surface area (Å²) in [5.74, 6) is 0.786. The number of carbonyl (C=O) groups is 1. The Morgan fingerprint density at radius 1 is 1.28 bits per heavy atom. The number of rotatable bonds is 7. The number of hydrogen-bond donors (Lipinski definition) is 2. The molecule has 7 heteroatoms.